The number of unbranched alkanes of at least 4 members (excludes halogenated alkanes) is 9. The van der Waals surface area contributed by atoms with Gasteiger partial charge in [-0.3, -0.25) is 43.2 Å². The van der Waals surface area contributed by atoms with Crippen LogP contribution in [-0.2, 0) is 85.8 Å². The molecule has 26 heteroatoms. The molecule has 598 valence electrons. The first-order valence-corrected chi connectivity index (χ1v) is 37.7. The van der Waals surface area contributed by atoms with Crippen molar-refractivity contribution in [2.45, 2.75) is 164 Å². The van der Waals surface area contributed by atoms with Gasteiger partial charge in [-0.1, -0.05) is 85.5 Å². The van der Waals surface area contributed by atoms with Gasteiger partial charge in [-0.05, 0) is 191 Å². The zero-order valence-electron chi connectivity index (χ0n) is 68.0. The molecule has 8 atom stereocenters. The van der Waals surface area contributed by atoms with E-state index in [0.717, 1.165) is 12.8 Å². The Hall–Kier alpha value is -5.09. The summed E-state index contributed by atoms with van der Waals surface area (Å²) in [6, 6.07) is 0. The molecule has 0 aliphatic rings. The zero-order chi connectivity index (χ0) is 77.8. The van der Waals surface area contributed by atoms with Crippen LogP contribution >= 0.6 is 0 Å². The van der Waals surface area contributed by atoms with Crippen LogP contribution in [0.1, 0.15) is 164 Å². The van der Waals surface area contributed by atoms with Crippen LogP contribution < -0.4 is 0 Å². The molecule has 0 saturated heterocycles. The first-order chi connectivity index (χ1) is 48.0. The highest BCUT2D eigenvalue weighted by atomic mass is 16.6. The second-order valence-corrected chi connectivity index (χ2v) is 30.2. The third-order valence-electron chi connectivity index (χ3n) is 17.7. The van der Waals surface area contributed by atoms with E-state index in [1.54, 1.807) is 13.8 Å². The van der Waals surface area contributed by atoms with Crippen molar-refractivity contribution in [3.63, 3.8) is 0 Å². The summed E-state index contributed by atoms with van der Waals surface area (Å²) in [5, 5.41) is 0. The summed E-state index contributed by atoms with van der Waals surface area (Å²) >= 11 is 0. The number of ether oxygens (including phenoxy) is 9. The molecule has 0 heterocycles. The van der Waals surface area contributed by atoms with E-state index >= 15 is 0 Å². The number of hydrogen-bond acceptors (Lipinski definition) is 26. The second-order valence-electron chi connectivity index (χ2n) is 30.2. The van der Waals surface area contributed by atoms with Crippen molar-refractivity contribution in [3.8, 4) is 0 Å². The normalized spacial score (nSPS) is 14.2. The van der Waals surface area contributed by atoms with Gasteiger partial charge < -0.3 is 81.8 Å². The molecule has 0 spiro atoms. The van der Waals surface area contributed by atoms with E-state index in [0.29, 0.717) is 65.4 Å². The summed E-state index contributed by atoms with van der Waals surface area (Å²) in [7, 11) is 29.2. The zero-order valence-corrected chi connectivity index (χ0v) is 68.0. The molecule has 0 aliphatic heterocycles. The molecule has 0 aromatic heterocycles. The molecule has 0 aromatic carbocycles. The highest BCUT2D eigenvalue weighted by Gasteiger charge is 2.41. The van der Waals surface area contributed by atoms with Gasteiger partial charge in [-0.25, -0.2) is 0 Å². The highest BCUT2D eigenvalue weighted by Crippen LogP contribution is 2.36. The summed E-state index contributed by atoms with van der Waals surface area (Å²) in [5.74, 6) is -13.9. The monoisotopic (exact) mass is 1460 g/mol. The SMILES string of the molecule is CCC(CC(CC(CC(CC(CC(CC(CC(C)C(=O)OCCN(C)C)C(=O)OCCN(C)C)C(=O)OCCN(C)C)C(=O)OCCN(C)C)C(=O)OCCN(C)C)C(=O)OCCN(C)C)C(=O)OCCN(C)C)C(=O)OCCN(C)C.CCCCCCCCCCCCOC(=O)C(C)(C)CC. The van der Waals surface area contributed by atoms with Crippen molar-refractivity contribution < 1.29 is 85.8 Å². The van der Waals surface area contributed by atoms with Crippen LogP contribution in [0.5, 0.6) is 0 Å². The van der Waals surface area contributed by atoms with E-state index in [1.807, 2.05) is 173 Å². The smallest absolute Gasteiger partial charge is 0.311 e. The molecule has 102 heavy (non-hydrogen) atoms. The lowest BCUT2D eigenvalue weighted by Gasteiger charge is -2.30. The third-order valence-corrected chi connectivity index (χ3v) is 17.7. The van der Waals surface area contributed by atoms with Gasteiger partial charge in [0, 0.05) is 52.4 Å². The van der Waals surface area contributed by atoms with Crippen molar-refractivity contribution in [2.24, 2.45) is 52.8 Å². The fraction of sp³-hybridized carbons (Fsp3) is 0.882. The summed E-state index contributed by atoms with van der Waals surface area (Å²) in [4.78, 5) is 141. The van der Waals surface area contributed by atoms with Gasteiger partial charge in [-0.15, -0.1) is 0 Å². The Morgan fingerprint density at radius 3 is 0.696 bits per heavy atom. The second kappa shape index (κ2) is 59.1. The summed E-state index contributed by atoms with van der Waals surface area (Å²) in [6.45, 7) is 15.5. The average molecular weight is 1460 g/mol. The Labute approximate surface area is 617 Å². The summed E-state index contributed by atoms with van der Waals surface area (Å²) < 4.78 is 51.7. The molecule has 0 saturated carbocycles. The highest BCUT2D eigenvalue weighted by molar-refractivity contribution is 5.81. The molecule has 0 N–H and O–H groups in total. The van der Waals surface area contributed by atoms with Gasteiger partial charge in [0.2, 0.25) is 0 Å². The summed E-state index contributed by atoms with van der Waals surface area (Å²) in [6.07, 6.45) is 12.8. The molecule has 0 radical (unpaired) electrons. The Morgan fingerprint density at radius 2 is 0.471 bits per heavy atom. The molecule has 0 fully saturated rings. The number of esters is 9. The van der Waals surface area contributed by atoms with Crippen LogP contribution in [0, 0.1) is 52.8 Å². The van der Waals surface area contributed by atoms with E-state index in [1.165, 1.54) is 57.8 Å². The standard InChI is InChI=1S/C58H110N8O16.C18H36O2/c1-19-44(52(68)76-29-21-60(5)6)37-46(54(70)78-31-23-62(9)10)39-48(56(72)80-33-25-64(13)14)41-50(58(74)82-35-27-66(17)18)42-49(57(73)81-34-26-65(15)16)40-47(55(71)79-32-24-63(11)12)38-45(53(69)77-30-22-61(7)8)36-43(2)51(67)75-28-20-59(3)4;1-5-7-8-9-10-11-12-13-14-15-16-20-17(19)18(3,4)6-2/h43-50H,19-42H2,1-18H3;5-16H2,1-4H3. The van der Waals surface area contributed by atoms with Crippen LogP contribution in [0.4, 0.5) is 0 Å². The fourth-order valence-corrected chi connectivity index (χ4v) is 10.4. The Balaban J connectivity index is 0. The molecule has 26 nitrogen and oxygen atoms in total. The van der Waals surface area contributed by atoms with E-state index in [2.05, 4.69) is 6.92 Å². The molecule has 0 aliphatic carbocycles. The minimum absolute atomic E-state index is 0.0216. The van der Waals surface area contributed by atoms with Crippen molar-refractivity contribution in [3.05, 3.63) is 0 Å². The maximum atomic E-state index is 14.7. The van der Waals surface area contributed by atoms with Crippen molar-refractivity contribution >= 4 is 53.7 Å². The van der Waals surface area contributed by atoms with Gasteiger partial charge in [0.25, 0.3) is 0 Å². The lowest BCUT2D eigenvalue weighted by Crippen LogP contribution is -2.36. The van der Waals surface area contributed by atoms with Gasteiger partial charge in [0.15, 0.2) is 0 Å². The third kappa shape index (κ3) is 52.0. The number of carbonyl (C=O) groups is 9. The van der Waals surface area contributed by atoms with Crippen LogP contribution in [0.15, 0.2) is 0 Å². The topological polar surface area (TPSA) is 263 Å². The van der Waals surface area contributed by atoms with Crippen LogP contribution in [0.3, 0.4) is 0 Å². The maximum Gasteiger partial charge on any atom is 0.311 e. The molecule has 0 bridgehead atoms. The van der Waals surface area contributed by atoms with Gasteiger partial charge in [0.1, 0.15) is 52.9 Å². The van der Waals surface area contributed by atoms with Gasteiger partial charge in [0.05, 0.1) is 59.4 Å². The Kier molecular flexibility index (Phi) is 57.3. The largest absolute Gasteiger partial charge is 0.465 e. The van der Waals surface area contributed by atoms with Gasteiger partial charge >= 0.3 is 53.7 Å². The van der Waals surface area contributed by atoms with Crippen molar-refractivity contribution in [1.82, 2.24) is 39.2 Å². The maximum absolute atomic E-state index is 14.7. The lowest BCUT2D eigenvalue weighted by atomic mass is 9.77. The first kappa shape index (κ1) is 99.0. The molecule has 8 unspecified atom stereocenters. The fourth-order valence-electron chi connectivity index (χ4n) is 10.4. The van der Waals surface area contributed by atoms with E-state index in [9.17, 15) is 43.2 Å². The quantitative estimate of drug-likeness (QED) is 0.0319. The number of rotatable bonds is 60. The van der Waals surface area contributed by atoms with Crippen LogP contribution in [-0.4, -0.2) is 318 Å². The van der Waals surface area contributed by atoms with Crippen LogP contribution in [0.25, 0.3) is 0 Å². The predicted molar refractivity (Wildman–Crippen MR) is 399 cm³/mol. The Bertz CT molecular complexity index is 2270. The molecular weight excluding hydrogens is 1310 g/mol. The van der Waals surface area contributed by atoms with E-state index in [-0.39, 0.29) is 109 Å². The minimum Gasteiger partial charge on any atom is -0.465 e. The van der Waals surface area contributed by atoms with E-state index < -0.39 is 95.1 Å². The van der Waals surface area contributed by atoms with Crippen LogP contribution in [0.2, 0.25) is 0 Å². The predicted octanol–water partition coefficient (Wildman–Crippen LogP) is 7.80. The van der Waals surface area contributed by atoms with Crippen molar-refractivity contribution in [2.75, 3.05) is 225 Å². The summed E-state index contributed by atoms with van der Waals surface area (Å²) in [5.41, 5.74) is -0.321. The lowest BCUT2D eigenvalue weighted by molar-refractivity contribution is -0.158. The van der Waals surface area contributed by atoms with E-state index in [4.69, 9.17) is 42.6 Å². The van der Waals surface area contributed by atoms with Crippen molar-refractivity contribution in [1.29, 1.82) is 0 Å². The molecule has 0 rings (SSSR count). The number of carbonyl (C=O) groups excluding carboxylic acids is 9. The first-order valence-electron chi connectivity index (χ1n) is 37.7. The molecular formula is C76H146N8O18. The number of hydrogen-bond donors (Lipinski definition) is 0. The minimum atomic E-state index is -1.25. The molecule has 0 amide bonds. The molecule has 0 aromatic rings. The average Bonchev–Trinajstić information content (AvgIpc) is 0.843. The number of nitrogens with zero attached hydrogens (tertiary/aromatic N) is 8. The number of likely N-dealkylation sites (N-methyl/N-ethyl adjacent to an activating group) is 8. The Morgan fingerprint density at radius 1 is 0.265 bits per heavy atom. The van der Waals surface area contributed by atoms with Gasteiger partial charge in [-0.2, -0.15) is 0 Å².